The molecule has 0 aliphatic heterocycles. The Bertz CT molecular complexity index is 215. The zero-order chi connectivity index (χ0) is 13.5. The molecule has 0 amide bonds. The van der Waals surface area contributed by atoms with Crippen molar-refractivity contribution in [1.82, 2.24) is 0 Å². The Morgan fingerprint density at radius 1 is 0.842 bits per heavy atom. The van der Waals surface area contributed by atoms with Crippen LogP contribution in [0.25, 0.3) is 0 Å². The van der Waals surface area contributed by atoms with Crippen molar-refractivity contribution in [2.45, 2.75) is 84.0 Å². The Morgan fingerprint density at radius 2 is 1.32 bits per heavy atom. The van der Waals surface area contributed by atoms with Crippen molar-refractivity contribution in [2.75, 3.05) is 0 Å². The molecule has 0 aliphatic rings. The van der Waals surface area contributed by atoms with Crippen LogP contribution in [-0.4, -0.2) is 11.1 Å². The molecular formula is C16H30CoO2. The van der Waals surface area contributed by atoms with Gasteiger partial charge in [0.15, 0.2) is 0 Å². The fraction of sp³-hybridized carbons (Fsp3) is 0.812. The fourth-order valence-electron chi connectivity index (χ4n) is 1.99. The summed E-state index contributed by atoms with van der Waals surface area (Å²) >= 11 is 0. The Kier molecular flexibility index (Phi) is 19.6. The van der Waals surface area contributed by atoms with Crippen molar-refractivity contribution in [2.24, 2.45) is 0 Å². The summed E-state index contributed by atoms with van der Waals surface area (Å²) < 4.78 is 0. The van der Waals surface area contributed by atoms with Crippen LogP contribution >= 0.6 is 0 Å². The molecule has 0 saturated heterocycles. The zero-order valence-electron chi connectivity index (χ0n) is 12.3. The van der Waals surface area contributed by atoms with Gasteiger partial charge in [0.2, 0.25) is 0 Å². The van der Waals surface area contributed by atoms with Crippen LogP contribution in [-0.2, 0) is 21.6 Å². The van der Waals surface area contributed by atoms with E-state index in [1.54, 1.807) is 0 Å². The van der Waals surface area contributed by atoms with E-state index >= 15 is 0 Å². The summed E-state index contributed by atoms with van der Waals surface area (Å²) in [4.78, 5) is 10.3. The molecule has 2 nitrogen and oxygen atoms in total. The van der Waals surface area contributed by atoms with Crippen LogP contribution in [0.1, 0.15) is 84.0 Å². The van der Waals surface area contributed by atoms with Gasteiger partial charge in [-0.05, 0) is 32.1 Å². The van der Waals surface area contributed by atoms with Crippen molar-refractivity contribution in [3.05, 3.63) is 12.2 Å². The topological polar surface area (TPSA) is 37.3 Å². The molecule has 0 aromatic carbocycles. The minimum atomic E-state index is -0.666. The molecule has 1 N–H and O–H groups in total. The van der Waals surface area contributed by atoms with E-state index < -0.39 is 5.97 Å². The fourth-order valence-corrected chi connectivity index (χ4v) is 1.99. The van der Waals surface area contributed by atoms with Crippen LogP contribution in [0.3, 0.4) is 0 Å². The second kappa shape index (κ2) is 17.7. The summed E-state index contributed by atoms with van der Waals surface area (Å²) in [7, 11) is 0. The first-order valence-electron chi connectivity index (χ1n) is 7.64. The Balaban J connectivity index is 0. The summed E-state index contributed by atoms with van der Waals surface area (Å²) in [5, 5.41) is 8.48. The summed E-state index contributed by atoms with van der Waals surface area (Å²) in [6, 6.07) is 0. The molecule has 0 unspecified atom stereocenters. The van der Waals surface area contributed by atoms with E-state index in [0.29, 0.717) is 6.42 Å². The second-order valence-electron chi connectivity index (χ2n) is 5.02. The molecule has 115 valence electrons. The third kappa shape index (κ3) is 20.2. The summed E-state index contributed by atoms with van der Waals surface area (Å²) in [5.41, 5.74) is 0. The third-order valence-electron chi connectivity index (χ3n) is 3.15. The molecule has 19 heavy (non-hydrogen) atoms. The molecule has 0 atom stereocenters. The van der Waals surface area contributed by atoms with Gasteiger partial charge in [0.1, 0.15) is 0 Å². The van der Waals surface area contributed by atoms with E-state index in [2.05, 4.69) is 19.1 Å². The standard InChI is InChI=1S/C16H30O2.Co/c1-2-3-4-5-6-7-8-9-10-11-12-13-14-15-16(17)18;/h7-8H,2-6,9-15H2,1H3,(H,17,18);/b8-7-;. The van der Waals surface area contributed by atoms with Gasteiger partial charge in [-0.3, -0.25) is 4.79 Å². The van der Waals surface area contributed by atoms with Crippen molar-refractivity contribution in [3.8, 4) is 0 Å². The predicted molar refractivity (Wildman–Crippen MR) is 77.9 cm³/mol. The summed E-state index contributed by atoms with van der Waals surface area (Å²) in [6.07, 6.45) is 18.3. The molecule has 0 fully saturated rings. The number of carboxylic acids is 1. The van der Waals surface area contributed by atoms with E-state index in [1.807, 2.05) is 0 Å². The van der Waals surface area contributed by atoms with Gasteiger partial charge in [-0.2, -0.15) is 0 Å². The Hall–Kier alpha value is -0.284. The SMILES string of the molecule is CCCCCC/C=C\CCCCCCCC(=O)O.[Co]. The van der Waals surface area contributed by atoms with E-state index in [0.717, 1.165) is 12.8 Å². The first-order valence-corrected chi connectivity index (χ1v) is 7.64. The molecule has 0 rings (SSSR count). The molecule has 0 aliphatic carbocycles. The minimum Gasteiger partial charge on any atom is -0.481 e. The maximum Gasteiger partial charge on any atom is 0.303 e. The molecule has 0 spiro atoms. The average molecular weight is 313 g/mol. The van der Waals surface area contributed by atoms with Crippen molar-refractivity contribution >= 4 is 5.97 Å². The average Bonchev–Trinajstić information content (AvgIpc) is 2.34. The number of unbranched alkanes of at least 4 members (excludes halogenated alkanes) is 9. The number of carbonyl (C=O) groups is 1. The zero-order valence-corrected chi connectivity index (χ0v) is 13.4. The number of rotatable bonds is 13. The number of carboxylic acid groups (broad SMARTS) is 1. The first kappa shape index (κ1) is 21.0. The van der Waals surface area contributed by atoms with E-state index in [1.165, 1.54) is 57.8 Å². The van der Waals surface area contributed by atoms with Crippen LogP contribution in [0.5, 0.6) is 0 Å². The van der Waals surface area contributed by atoms with Gasteiger partial charge in [-0.25, -0.2) is 0 Å². The van der Waals surface area contributed by atoms with Gasteiger partial charge in [0, 0.05) is 23.2 Å². The van der Waals surface area contributed by atoms with Crippen LogP contribution < -0.4 is 0 Å². The summed E-state index contributed by atoms with van der Waals surface area (Å²) in [6.45, 7) is 2.24. The smallest absolute Gasteiger partial charge is 0.303 e. The molecule has 3 heteroatoms. The largest absolute Gasteiger partial charge is 0.481 e. The van der Waals surface area contributed by atoms with E-state index in [-0.39, 0.29) is 16.8 Å². The van der Waals surface area contributed by atoms with Crippen LogP contribution in [0.4, 0.5) is 0 Å². The molecular weight excluding hydrogens is 283 g/mol. The number of aliphatic carboxylic acids is 1. The maximum absolute atomic E-state index is 10.3. The summed E-state index contributed by atoms with van der Waals surface area (Å²) in [5.74, 6) is -0.666. The molecule has 0 aromatic heterocycles. The van der Waals surface area contributed by atoms with Gasteiger partial charge >= 0.3 is 5.97 Å². The molecule has 0 aromatic rings. The third-order valence-corrected chi connectivity index (χ3v) is 3.15. The quantitative estimate of drug-likeness (QED) is 0.369. The molecule has 0 bridgehead atoms. The number of hydrogen-bond donors (Lipinski definition) is 1. The maximum atomic E-state index is 10.3. The number of hydrogen-bond acceptors (Lipinski definition) is 1. The van der Waals surface area contributed by atoms with Gasteiger partial charge in [-0.15, -0.1) is 0 Å². The van der Waals surface area contributed by atoms with Crippen molar-refractivity contribution in [1.29, 1.82) is 0 Å². The van der Waals surface area contributed by atoms with Gasteiger partial charge < -0.3 is 5.11 Å². The Labute approximate surface area is 129 Å². The van der Waals surface area contributed by atoms with Gasteiger partial charge in [0.25, 0.3) is 0 Å². The number of allylic oxidation sites excluding steroid dienone is 2. The molecule has 1 radical (unpaired) electrons. The van der Waals surface area contributed by atoms with Gasteiger partial charge in [0.05, 0.1) is 0 Å². The molecule has 0 saturated carbocycles. The van der Waals surface area contributed by atoms with E-state index in [4.69, 9.17) is 5.11 Å². The predicted octanol–water partition coefficient (Wildman–Crippen LogP) is 5.33. The minimum absolute atomic E-state index is 0. The van der Waals surface area contributed by atoms with E-state index in [9.17, 15) is 4.79 Å². The molecule has 0 heterocycles. The van der Waals surface area contributed by atoms with Crippen molar-refractivity contribution in [3.63, 3.8) is 0 Å². The van der Waals surface area contributed by atoms with Crippen LogP contribution in [0.15, 0.2) is 12.2 Å². The van der Waals surface area contributed by atoms with Crippen LogP contribution in [0.2, 0.25) is 0 Å². The van der Waals surface area contributed by atoms with Gasteiger partial charge in [-0.1, -0.05) is 57.6 Å². The first-order chi connectivity index (χ1) is 8.77. The second-order valence-corrected chi connectivity index (χ2v) is 5.02. The van der Waals surface area contributed by atoms with Crippen LogP contribution in [0, 0.1) is 0 Å². The monoisotopic (exact) mass is 313 g/mol. The normalized spacial score (nSPS) is 10.6. The Morgan fingerprint density at radius 3 is 1.84 bits per heavy atom. The van der Waals surface area contributed by atoms with Crippen molar-refractivity contribution < 1.29 is 26.7 Å².